The average Bonchev–Trinajstić information content (AvgIpc) is 2.82. The number of hydrogen-bond donors (Lipinski definition) is 1. The number of methoxy groups -OCH3 is 1. The van der Waals surface area contributed by atoms with E-state index < -0.39 is 5.97 Å². The summed E-state index contributed by atoms with van der Waals surface area (Å²) in [7, 11) is 1.52. The van der Waals surface area contributed by atoms with Crippen molar-refractivity contribution in [3.8, 4) is 23.6 Å². The second-order valence-electron chi connectivity index (χ2n) is 6.63. The van der Waals surface area contributed by atoms with Crippen LogP contribution in [0, 0.1) is 22.7 Å². The van der Waals surface area contributed by atoms with Crippen LogP contribution in [0.5, 0.6) is 11.5 Å². The summed E-state index contributed by atoms with van der Waals surface area (Å²) >= 11 is 3.51. The van der Waals surface area contributed by atoms with Gasteiger partial charge in [-0.1, -0.05) is 46.3 Å². The number of carboxylic acids is 1. The van der Waals surface area contributed by atoms with E-state index in [2.05, 4.69) is 28.1 Å². The molecule has 3 aromatic rings. The molecule has 0 saturated carbocycles. The minimum absolute atomic E-state index is 0.147. The molecule has 32 heavy (non-hydrogen) atoms. The summed E-state index contributed by atoms with van der Waals surface area (Å²) in [5.41, 5.74) is 3.09. The maximum Gasteiger partial charge on any atom is 0.335 e. The lowest BCUT2D eigenvalue weighted by molar-refractivity contribution is 0.0697. The van der Waals surface area contributed by atoms with Gasteiger partial charge in [0, 0.05) is 10.0 Å². The molecule has 0 atom stereocenters. The Hall–Kier alpha value is -4.07. The van der Waals surface area contributed by atoms with Crippen LogP contribution >= 0.6 is 15.9 Å². The molecular weight excluding hydrogens is 472 g/mol. The van der Waals surface area contributed by atoms with Crippen molar-refractivity contribution in [3.63, 3.8) is 0 Å². The molecule has 0 aliphatic carbocycles. The Bertz CT molecular complexity index is 1270. The normalized spacial score (nSPS) is 10.7. The molecule has 6 nitrogen and oxygen atoms in total. The van der Waals surface area contributed by atoms with Crippen LogP contribution in [0.3, 0.4) is 0 Å². The molecule has 0 aromatic heterocycles. The molecule has 158 valence electrons. The number of halogens is 1. The predicted molar refractivity (Wildman–Crippen MR) is 123 cm³/mol. The van der Waals surface area contributed by atoms with E-state index >= 15 is 0 Å². The zero-order valence-corrected chi connectivity index (χ0v) is 18.6. The number of hydrogen-bond acceptors (Lipinski definition) is 5. The van der Waals surface area contributed by atoms with Crippen LogP contribution in [-0.4, -0.2) is 18.2 Å². The van der Waals surface area contributed by atoms with Crippen LogP contribution in [0.25, 0.3) is 11.6 Å². The largest absolute Gasteiger partial charge is 0.493 e. The Balaban J connectivity index is 1.90. The average molecular weight is 489 g/mol. The second kappa shape index (κ2) is 10.3. The molecular formula is C25H17BrN2O4. The van der Waals surface area contributed by atoms with Gasteiger partial charge in [0.25, 0.3) is 0 Å². The van der Waals surface area contributed by atoms with Crippen molar-refractivity contribution in [1.82, 2.24) is 0 Å². The Morgan fingerprint density at radius 2 is 1.75 bits per heavy atom. The number of aromatic carboxylic acids is 1. The number of ether oxygens (including phenoxy) is 2. The summed E-state index contributed by atoms with van der Waals surface area (Å²) in [4.78, 5) is 11.0. The van der Waals surface area contributed by atoms with Crippen molar-refractivity contribution < 1.29 is 19.4 Å². The molecule has 0 unspecified atom stereocenters. The monoisotopic (exact) mass is 488 g/mol. The van der Waals surface area contributed by atoms with Gasteiger partial charge in [0.15, 0.2) is 11.5 Å². The van der Waals surface area contributed by atoms with E-state index in [4.69, 9.17) is 14.6 Å². The van der Waals surface area contributed by atoms with E-state index in [0.29, 0.717) is 38.2 Å². The first-order valence-electron chi connectivity index (χ1n) is 9.40. The lowest BCUT2D eigenvalue weighted by atomic mass is 10.0. The molecule has 7 heteroatoms. The highest BCUT2D eigenvalue weighted by Gasteiger charge is 2.12. The summed E-state index contributed by atoms with van der Waals surface area (Å²) in [5, 5.41) is 27.9. The molecule has 0 radical (unpaired) electrons. The van der Waals surface area contributed by atoms with Crippen LogP contribution in [0.1, 0.15) is 32.6 Å². The fourth-order valence-corrected chi connectivity index (χ4v) is 3.41. The third kappa shape index (κ3) is 5.15. The first kappa shape index (κ1) is 22.6. The molecule has 0 bridgehead atoms. The lowest BCUT2D eigenvalue weighted by Gasteiger charge is -2.14. The molecule has 0 aliphatic rings. The van der Waals surface area contributed by atoms with Crippen molar-refractivity contribution >= 4 is 33.5 Å². The minimum Gasteiger partial charge on any atom is -0.493 e. The molecule has 0 aliphatic heterocycles. The smallest absolute Gasteiger partial charge is 0.335 e. The summed E-state index contributed by atoms with van der Waals surface area (Å²) in [6.07, 6.45) is 1.68. The van der Waals surface area contributed by atoms with Crippen LogP contribution in [0.2, 0.25) is 0 Å². The zero-order valence-electron chi connectivity index (χ0n) is 17.0. The fourth-order valence-electron chi connectivity index (χ4n) is 2.97. The molecule has 0 fully saturated rings. The van der Waals surface area contributed by atoms with Crippen molar-refractivity contribution in [1.29, 1.82) is 10.5 Å². The predicted octanol–water partition coefficient (Wildman–Crippen LogP) is 5.67. The van der Waals surface area contributed by atoms with E-state index in [1.807, 2.05) is 12.1 Å². The highest BCUT2D eigenvalue weighted by atomic mass is 79.9. The van der Waals surface area contributed by atoms with Gasteiger partial charge in [-0.05, 0) is 47.5 Å². The van der Waals surface area contributed by atoms with Gasteiger partial charge in [-0.25, -0.2) is 4.79 Å². The van der Waals surface area contributed by atoms with Crippen molar-refractivity contribution in [2.45, 2.75) is 6.61 Å². The lowest BCUT2D eigenvalue weighted by Crippen LogP contribution is -2.00. The van der Waals surface area contributed by atoms with E-state index in [-0.39, 0.29) is 12.2 Å². The van der Waals surface area contributed by atoms with Crippen molar-refractivity contribution in [2.75, 3.05) is 7.11 Å². The van der Waals surface area contributed by atoms with Gasteiger partial charge >= 0.3 is 5.97 Å². The van der Waals surface area contributed by atoms with Gasteiger partial charge in [0.05, 0.1) is 35.9 Å². The summed E-state index contributed by atoms with van der Waals surface area (Å²) in [5.74, 6) is -0.0829. The quantitative estimate of drug-likeness (QED) is 0.339. The van der Waals surface area contributed by atoms with Crippen molar-refractivity contribution in [3.05, 3.63) is 93.0 Å². The van der Waals surface area contributed by atoms with Gasteiger partial charge in [0.2, 0.25) is 0 Å². The van der Waals surface area contributed by atoms with Gasteiger partial charge in [-0.15, -0.1) is 0 Å². The molecule has 3 aromatic carbocycles. The van der Waals surface area contributed by atoms with Crippen LogP contribution in [-0.2, 0) is 6.61 Å². The Kier molecular flexibility index (Phi) is 7.28. The number of carboxylic acid groups (broad SMARTS) is 1. The summed E-state index contributed by atoms with van der Waals surface area (Å²) in [6, 6.07) is 21.0. The highest BCUT2D eigenvalue weighted by molar-refractivity contribution is 9.10. The fraction of sp³-hybridized carbons (Fsp3) is 0.0800. The molecule has 0 saturated heterocycles. The van der Waals surface area contributed by atoms with Gasteiger partial charge in [-0.3, -0.25) is 0 Å². The van der Waals surface area contributed by atoms with Gasteiger partial charge < -0.3 is 14.6 Å². The third-order valence-electron chi connectivity index (χ3n) is 4.67. The third-order valence-corrected chi connectivity index (χ3v) is 5.35. The number of allylic oxidation sites excluding steroid dienone is 1. The zero-order chi connectivity index (χ0) is 23.1. The summed E-state index contributed by atoms with van der Waals surface area (Å²) < 4.78 is 12.0. The number of nitriles is 2. The Morgan fingerprint density at radius 3 is 2.38 bits per heavy atom. The standard InChI is InChI=1S/C25H17BrN2O4/c1-31-23-11-20(10-21(14-28)16-6-8-17(9-7-16)25(29)30)22(26)12-24(23)32-15-19-5-3-2-4-18(19)13-27/h2-12H,15H2,1H3,(H,29,30)/b21-10-. The maximum atomic E-state index is 11.0. The summed E-state index contributed by atoms with van der Waals surface area (Å²) in [6.45, 7) is 0.196. The molecule has 0 heterocycles. The van der Waals surface area contributed by atoms with E-state index in [1.54, 1.807) is 42.5 Å². The van der Waals surface area contributed by atoms with Crippen LogP contribution in [0.15, 0.2) is 65.1 Å². The molecule has 0 amide bonds. The molecule has 1 N–H and O–H groups in total. The number of benzene rings is 3. The Morgan fingerprint density at radius 1 is 1.06 bits per heavy atom. The van der Waals surface area contributed by atoms with Gasteiger partial charge in [0.1, 0.15) is 6.61 Å². The van der Waals surface area contributed by atoms with E-state index in [9.17, 15) is 15.3 Å². The minimum atomic E-state index is -1.03. The molecule has 0 spiro atoms. The first-order chi connectivity index (χ1) is 15.5. The second-order valence-corrected chi connectivity index (χ2v) is 7.49. The Labute approximate surface area is 193 Å². The van der Waals surface area contributed by atoms with Crippen LogP contribution < -0.4 is 9.47 Å². The SMILES string of the molecule is COc1cc(/C=C(/C#N)c2ccc(C(=O)O)cc2)c(Br)cc1OCc1ccccc1C#N. The first-order valence-corrected chi connectivity index (χ1v) is 10.2. The van der Waals surface area contributed by atoms with Crippen LogP contribution in [0.4, 0.5) is 0 Å². The number of carbonyl (C=O) groups is 1. The topological polar surface area (TPSA) is 103 Å². The van der Waals surface area contributed by atoms with Crippen molar-refractivity contribution in [2.24, 2.45) is 0 Å². The number of nitrogens with zero attached hydrogens (tertiary/aromatic N) is 2. The van der Waals surface area contributed by atoms with Gasteiger partial charge in [-0.2, -0.15) is 10.5 Å². The molecule has 3 rings (SSSR count). The number of rotatable bonds is 7. The highest BCUT2D eigenvalue weighted by Crippen LogP contribution is 2.36. The van der Waals surface area contributed by atoms with E-state index in [0.717, 1.165) is 5.56 Å². The maximum absolute atomic E-state index is 11.0. The van der Waals surface area contributed by atoms with E-state index in [1.165, 1.54) is 19.2 Å².